The quantitative estimate of drug-likeness (QED) is 0.130. The summed E-state index contributed by atoms with van der Waals surface area (Å²) in [5, 5.41) is 2.35. The van der Waals surface area contributed by atoms with Crippen LogP contribution in [0.5, 0.6) is 11.5 Å². The molecular weight excluding hydrogens is 699 g/mol. The zero-order valence-corrected chi connectivity index (χ0v) is 35.6. The van der Waals surface area contributed by atoms with Gasteiger partial charge in [0.2, 0.25) is 0 Å². The fraction of sp³-hybridized carbons (Fsp3) is 0.314. The largest absolute Gasteiger partial charge is 0.456 e. The lowest BCUT2D eigenvalue weighted by atomic mass is 9.80. The van der Waals surface area contributed by atoms with Crippen molar-refractivity contribution in [2.75, 3.05) is 0 Å². The van der Waals surface area contributed by atoms with Crippen LogP contribution in [0, 0.1) is 6.33 Å². The Bertz CT molecular complexity index is 2780. The molecule has 0 amide bonds. The van der Waals surface area contributed by atoms with Crippen LogP contribution in [0.4, 0.5) is 0 Å². The average Bonchev–Trinajstić information content (AvgIpc) is 3.69. The summed E-state index contributed by atoms with van der Waals surface area (Å²) in [6, 6.07) is 34.9. The summed E-state index contributed by atoms with van der Waals surface area (Å²) in [5.41, 5.74) is 11.3. The van der Waals surface area contributed by atoms with Crippen molar-refractivity contribution in [3.63, 3.8) is 0 Å². The lowest BCUT2D eigenvalue weighted by Crippen LogP contribution is -2.31. The molecule has 4 aromatic heterocycles. The van der Waals surface area contributed by atoms with Gasteiger partial charge >= 0.3 is 0 Å². The summed E-state index contributed by atoms with van der Waals surface area (Å²) in [4.78, 5) is 9.59. The fourth-order valence-electron chi connectivity index (χ4n) is 7.56. The van der Waals surface area contributed by atoms with Gasteiger partial charge in [0.1, 0.15) is 17.3 Å². The summed E-state index contributed by atoms with van der Waals surface area (Å²) < 4.78 is 13.2. The van der Waals surface area contributed by atoms with Crippen LogP contribution in [-0.2, 0) is 21.7 Å². The zero-order chi connectivity index (χ0) is 40.7. The van der Waals surface area contributed by atoms with Crippen molar-refractivity contribution in [1.29, 1.82) is 0 Å². The smallest absolute Gasteiger partial charge is 0.269 e. The molecule has 290 valence electrons. The highest BCUT2D eigenvalue weighted by molar-refractivity contribution is 6.09. The molecule has 0 unspecified atom stereocenters. The van der Waals surface area contributed by atoms with Crippen LogP contribution in [0.2, 0.25) is 0 Å². The molecule has 0 radical (unpaired) electrons. The monoisotopic (exact) mass is 753 g/mol. The Morgan fingerprint density at radius 2 is 1.21 bits per heavy atom. The molecular formula is C51H55N5O. The van der Waals surface area contributed by atoms with Gasteiger partial charge in [-0.3, -0.25) is 18.7 Å². The van der Waals surface area contributed by atoms with E-state index in [1.807, 2.05) is 18.5 Å². The Morgan fingerprint density at radius 3 is 1.89 bits per heavy atom. The van der Waals surface area contributed by atoms with Gasteiger partial charge in [0.15, 0.2) is 0 Å². The van der Waals surface area contributed by atoms with Gasteiger partial charge in [-0.2, -0.15) is 0 Å². The molecule has 4 aromatic carbocycles. The van der Waals surface area contributed by atoms with Crippen molar-refractivity contribution in [3.8, 4) is 28.7 Å². The number of nitrogens with zero attached hydrogens (tertiary/aromatic N) is 5. The second kappa shape index (κ2) is 13.4. The van der Waals surface area contributed by atoms with E-state index < -0.39 is 0 Å². The molecule has 0 aliphatic heterocycles. The van der Waals surface area contributed by atoms with E-state index in [-0.39, 0.29) is 21.7 Å². The van der Waals surface area contributed by atoms with E-state index in [0.717, 1.165) is 50.4 Å². The van der Waals surface area contributed by atoms with Gasteiger partial charge in [-0.25, -0.2) is 4.98 Å². The molecule has 6 nitrogen and oxygen atoms in total. The zero-order valence-electron chi connectivity index (χ0n) is 35.6. The second-order valence-electron chi connectivity index (χ2n) is 19.7. The van der Waals surface area contributed by atoms with Crippen LogP contribution in [0.25, 0.3) is 50.0 Å². The average molecular weight is 754 g/mol. The summed E-state index contributed by atoms with van der Waals surface area (Å²) >= 11 is 0. The van der Waals surface area contributed by atoms with E-state index in [4.69, 9.17) is 9.72 Å². The molecule has 0 saturated carbocycles. The molecule has 0 spiro atoms. The molecule has 57 heavy (non-hydrogen) atoms. The van der Waals surface area contributed by atoms with E-state index in [0.29, 0.717) is 5.75 Å². The standard InChI is InChI=1S/C51H55N5O/c1-48(2,3)33-17-20-43-42(26-33)41-19-18-39(29-46(41)56(43)47-27-34(21-22-53-47)49(4,5)6)57-40-28-38(30-52-31-40)55-32-54(44-15-13-14-16-45(44)55)37-24-35(50(7,8)9)23-36(25-37)51(10,11)12/h13-31H,1-12H3. The third-order valence-electron chi connectivity index (χ3n) is 11.1. The lowest BCUT2D eigenvalue weighted by molar-refractivity contribution is -0.572. The number of benzene rings is 4. The van der Waals surface area contributed by atoms with Crippen LogP contribution in [0.3, 0.4) is 0 Å². The topological polar surface area (TPSA) is 48.8 Å². The molecule has 4 heterocycles. The van der Waals surface area contributed by atoms with Crippen molar-refractivity contribution in [3.05, 3.63) is 144 Å². The van der Waals surface area contributed by atoms with E-state index in [1.165, 1.54) is 27.6 Å². The summed E-state index contributed by atoms with van der Waals surface area (Å²) in [5.74, 6) is 2.25. The maximum atomic E-state index is 6.67. The number of imidazole rings is 1. The molecule has 0 fully saturated rings. The van der Waals surface area contributed by atoms with Crippen LogP contribution in [0.1, 0.15) is 105 Å². The molecule has 8 aromatic rings. The van der Waals surface area contributed by atoms with Gasteiger partial charge in [0.05, 0.1) is 39.6 Å². The Balaban J connectivity index is 1.23. The van der Waals surface area contributed by atoms with Gasteiger partial charge in [-0.05, 0) is 98.5 Å². The van der Waals surface area contributed by atoms with Gasteiger partial charge in [-0.15, -0.1) is 0 Å². The van der Waals surface area contributed by atoms with Crippen molar-refractivity contribution in [2.24, 2.45) is 0 Å². The summed E-state index contributed by atoms with van der Waals surface area (Å²) in [6.07, 6.45) is 9.26. The van der Waals surface area contributed by atoms with Crippen LogP contribution < -0.4 is 9.30 Å². The highest BCUT2D eigenvalue weighted by Gasteiger charge is 2.24. The lowest BCUT2D eigenvalue weighted by Gasteiger charge is -2.26. The number of rotatable bonds is 5. The number of hydrogen-bond acceptors (Lipinski definition) is 3. The van der Waals surface area contributed by atoms with E-state index in [2.05, 4.69) is 199 Å². The molecule has 0 saturated heterocycles. The first-order chi connectivity index (χ1) is 26.8. The number of para-hydroxylation sites is 2. The molecule has 0 atom stereocenters. The van der Waals surface area contributed by atoms with Gasteiger partial charge in [0.25, 0.3) is 6.33 Å². The van der Waals surface area contributed by atoms with Crippen molar-refractivity contribution < 1.29 is 9.30 Å². The Hall–Kier alpha value is -5.75. The minimum absolute atomic E-state index is 0.00967. The second-order valence-corrected chi connectivity index (χ2v) is 19.7. The van der Waals surface area contributed by atoms with Crippen molar-refractivity contribution in [2.45, 2.75) is 105 Å². The van der Waals surface area contributed by atoms with Crippen LogP contribution in [-0.4, -0.2) is 19.1 Å². The van der Waals surface area contributed by atoms with Crippen molar-refractivity contribution >= 4 is 32.8 Å². The number of aromatic nitrogens is 5. The third-order valence-corrected chi connectivity index (χ3v) is 11.1. The Kier molecular flexibility index (Phi) is 8.99. The number of hydrogen-bond donors (Lipinski definition) is 0. The van der Waals surface area contributed by atoms with Gasteiger partial charge < -0.3 is 4.74 Å². The highest BCUT2D eigenvalue weighted by Crippen LogP contribution is 2.38. The maximum absolute atomic E-state index is 6.67. The molecule has 0 aliphatic rings. The van der Waals surface area contributed by atoms with E-state index in [9.17, 15) is 0 Å². The SMILES string of the molecule is CC(C)(C)c1cc(-[n+]2[c-]n(-c3cncc(Oc4ccc5c6cc(C(C)(C)C)ccc6n(-c6cc(C(C)(C)C)ccn6)c5c4)c3)c3ccccc32)cc(C(C)(C)C)c1. The first kappa shape index (κ1) is 38.1. The van der Waals surface area contributed by atoms with Crippen molar-refractivity contribution in [1.82, 2.24) is 19.1 Å². The van der Waals surface area contributed by atoms with Gasteiger partial charge in [0, 0.05) is 29.2 Å². The number of fused-ring (bicyclic) bond motifs is 4. The Morgan fingerprint density at radius 1 is 0.544 bits per heavy atom. The normalized spacial score (nSPS) is 12.9. The van der Waals surface area contributed by atoms with Crippen LogP contribution >= 0.6 is 0 Å². The molecule has 0 bridgehead atoms. The minimum atomic E-state index is -0.0181. The highest BCUT2D eigenvalue weighted by atomic mass is 16.5. The molecule has 6 heteroatoms. The number of ether oxygens (including phenoxy) is 1. The predicted molar refractivity (Wildman–Crippen MR) is 235 cm³/mol. The van der Waals surface area contributed by atoms with Crippen LogP contribution in [0.15, 0.2) is 116 Å². The Labute approximate surface area is 337 Å². The molecule has 0 N–H and O–H groups in total. The third kappa shape index (κ3) is 7.22. The predicted octanol–water partition coefficient (Wildman–Crippen LogP) is 12.6. The first-order valence-corrected chi connectivity index (χ1v) is 20.1. The van der Waals surface area contributed by atoms with E-state index in [1.54, 1.807) is 6.20 Å². The summed E-state index contributed by atoms with van der Waals surface area (Å²) in [6.45, 7) is 27.1. The number of pyridine rings is 2. The van der Waals surface area contributed by atoms with Gasteiger partial charge in [-0.1, -0.05) is 119 Å². The summed E-state index contributed by atoms with van der Waals surface area (Å²) in [7, 11) is 0. The first-order valence-electron chi connectivity index (χ1n) is 20.1. The maximum Gasteiger partial charge on any atom is 0.269 e. The minimum Gasteiger partial charge on any atom is -0.456 e. The molecule has 8 rings (SSSR count). The molecule has 0 aliphatic carbocycles. The fourth-order valence-corrected chi connectivity index (χ4v) is 7.56. The van der Waals surface area contributed by atoms with E-state index >= 15 is 0 Å².